The summed E-state index contributed by atoms with van der Waals surface area (Å²) in [5.41, 5.74) is 0. The van der Waals surface area contributed by atoms with E-state index >= 15 is 0 Å². The minimum atomic E-state index is -2.17. The second-order valence-electron chi connectivity index (χ2n) is 2.66. The average Bonchev–Trinajstić information content (AvgIpc) is 2.26. The van der Waals surface area contributed by atoms with Crippen LogP contribution in [-0.4, -0.2) is 106 Å². The number of aliphatic carboxylic acids is 2. The van der Waals surface area contributed by atoms with Gasteiger partial charge in [-0.05, 0) is 0 Å². The Morgan fingerprint density at radius 1 is 0.696 bits per heavy atom. The molecule has 0 aromatic rings. The number of carboxylic acids is 2. The number of hydrogen-bond acceptors (Lipinski definition) is 11. The van der Waals surface area contributed by atoms with Gasteiger partial charge in [-0.3, -0.25) is 9.59 Å². The molecule has 0 amide bonds. The van der Waals surface area contributed by atoms with Gasteiger partial charge >= 0.3 is 80.9 Å². The molecule has 5 N–H and O–H groups in total. The van der Waals surface area contributed by atoms with Gasteiger partial charge < -0.3 is 34.8 Å². The molecule has 0 bridgehead atoms. The van der Waals surface area contributed by atoms with Gasteiger partial charge in [0.2, 0.25) is 0 Å². The fraction of sp³-hybridized carbons (Fsp3) is 0.143. The second-order valence-corrected chi connectivity index (χ2v) is 2.66. The predicted octanol–water partition coefficient (Wildman–Crippen LogP) is -5.66. The van der Waals surface area contributed by atoms with E-state index in [0.29, 0.717) is 0 Å². The average molecular weight is 326 g/mol. The summed E-state index contributed by atoms with van der Waals surface area (Å²) in [6.45, 7) is 0. The van der Waals surface area contributed by atoms with Gasteiger partial charge in [0.1, 0.15) is 6.42 Å². The van der Waals surface area contributed by atoms with Crippen molar-refractivity contribution in [1.29, 1.82) is 0 Å². The fourth-order valence-corrected chi connectivity index (χ4v) is 0.484. The van der Waals surface area contributed by atoms with Crippen LogP contribution in [0.25, 0.3) is 0 Å². The van der Waals surface area contributed by atoms with Crippen molar-refractivity contribution in [3.05, 3.63) is 0 Å². The zero-order valence-electron chi connectivity index (χ0n) is 9.79. The molecule has 0 aromatic carbocycles. The Hall–Kier alpha value is -1.64. The summed E-state index contributed by atoms with van der Waals surface area (Å²) in [7, 11) is -2.17. The third-order valence-corrected chi connectivity index (χ3v) is 1.05. The number of carbonyl (C=O) groups excluding carboxylic acids is 4. The van der Waals surface area contributed by atoms with E-state index in [9.17, 15) is 28.8 Å². The van der Waals surface area contributed by atoms with E-state index in [1.165, 1.54) is 0 Å². The Kier molecular flexibility index (Phi) is 19.5. The second kappa shape index (κ2) is 15.3. The first kappa shape index (κ1) is 29.4. The van der Waals surface area contributed by atoms with E-state index in [-0.39, 0.29) is 37.7 Å². The summed E-state index contributed by atoms with van der Waals surface area (Å²) in [4.78, 5) is 61.8. The molecule has 0 saturated heterocycles. The summed E-state index contributed by atoms with van der Waals surface area (Å²) >= 11 is 0. The van der Waals surface area contributed by atoms with Crippen molar-refractivity contribution < 1.29 is 63.5 Å². The molecule has 0 radical (unpaired) electrons. The third-order valence-electron chi connectivity index (χ3n) is 1.05. The maximum absolute atomic E-state index is 10.7. The molecule has 0 rings (SSSR count). The van der Waals surface area contributed by atoms with E-state index in [1.807, 2.05) is 0 Å². The van der Waals surface area contributed by atoms with Crippen molar-refractivity contribution in [1.82, 2.24) is 0 Å². The van der Waals surface area contributed by atoms with Crippen LogP contribution in [0.1, 0.15) is 6.42 Å². The van der Waals surface area contributed by atoms with Gasteiger partial charge in [-0.15, -0.1) is 0 Å². The molecule has 0 aliphatic carbocycles. The predicted molar refractivity (Wildman–Crippen MR) is 68.8 cm³/mol. The molecule has 0 heterocycles. The van der Waals surface area contributed by atoms with Gasteiger partial charge in [-0.25, -0.2) is 19.2 Å². The number of rotatable bonds is 2. The van der Waals surface area contributed by atoms with Gasteiger partial charge in [0, 0.05) is 0 Å². The molecule has 0 aliphatic heterocycles. The molecule has 0 aromatic heterocycles. The van der Waals surface area contributed by atoms with Crippen molar-refractivity contribution in [2.24, 2.45) is 0 Å². The summed E-state index contributed by atoms with van der Waals surface area (Å²) in [6, 6.07) is 0. The Bertz CT molecular complexity index is 420. The quantitative estimate of drug-likeness (QED) is 0.138. The molecule has 16 heteroatoms. The first-order chi connectivity index (χ1) is 9.47. The van der Waals surface area contributed by atoms with E-state index in [4.69, 9.17) is 25.3 Å². The zero-order chi connectivity index (χ0) is 17.2. The Labute approximate surface area is 151 Å². The molecule has 23 heavy (non-hydrogen) atoms. The fourth-order valence-electron chi connectivity index (χ4n) is 0.484. The summed E-state index contributed by atoms with van der Waals surface area (Å²) < 4.78 is 7.18. The summed E-state index contributed by atoms with van der Waals surface area (Å²) in [6.07, 6.45) is -1.28. The van der Waals surface area contributed by atoms with Crippen molar-refractivity contribution in [3.63, 3.8) is 0 Å². The van der Waals surface area contributed by atoms with Crippen LogP contribution in [0.15, 0.2) is 0 Å². The maximum atomic E-state index is 10.7. The number of carboxylic acid groups (broad SMARTS) is 2. The van der Waals surface area contributed by atoms with Crippen LogP contribution in [0.2, 0.25) is 0 Å². The molecule has 0 spiro atoms. The Balaban J connectivity index is -0.000000268. The topological polar surface area (TPSA) is 222 Å². The third kappa shape index (κ3) is 20.4. The molecule has 0 aliphatic rings. The standard InChI is InChI=1S/C7H4O10.BH3O3.2Li.2H/c8-2(16-6(14)4(10)11)1-3(9)17-7(15)5(12)13;2-1(3)4;;;;/h1H2,(H,10,11)(H,12,13);2-4H;;;;. The van der Waals surface area contributed by atoms with Gasteiger partial charge in [-0.1, -0.05) is 0 Å². The van der Waals surface area contributed by atoms with Crippen molar-refractivity contribution in [2.75, 3.05) is 0 Å². The molecule has 0 saturated carbocycles. The van der Waals surface area contributed by atoms with Crippen LogP contribution >= 0.6 is 0 Å². The van der Waals surface area contributed by atoms with Crippen LogP contribution in [0.4, 0.5) is 0 Å². The summed E-state index contributed by atoms with van der Waals surface area (Å²) in [5.74, 6) is -11.2. The Morgan fingerprint density at radius 3 is 1.09 bits per heavy atom. The van der Waals surface area contributed by atoms with Crippen LogP contribution in [0, 0.1) is 0 Å². The van der Waals surface area contributed by atoms with Gasteiger partial charge in [0.15, 0.2) is 0 Å². The molecular formula is C7H9BLi2O13. The van der Waals surface area contributed by atoms with Crippen molar-refractivity contribution in [2.45, 2.75) is 6.42 Å². The van der Waals surface area contributed by atoms with Crippen molar-refractivity contribution in [3.8, 4) is 0 Å². The molecule has 0 atom stereocenters. The van der Waals surface area contributed by atoms with Gasteiger partial charge in [0.05, 0.1) is 0 Å². The monoisotopic (exact) mass is 326 g/mol. The van der Waals surface area contributed by atoms with Crippen LogP contribution in [-0.2, 0) is 38.2 Å². The summed E-state index contributed by atoms with van der Waals surface area (Å²) in [5, 5.41) is 37.5. The first-order valence-corrected chi connectivity index (χ1v) is 4.47. The number of esters is 4. The number of ether oxygens (including phenoxy) is 2. The van der Waals surface area contributed by atoms with E-state index < -0.39 is 49.6 Å². The van der Waals surface area contributed by atoms with Crippen LogP contribution in [0.5, 0.6) is 0 Å². The van der Waals surface area contributed by atoms with Gasteiger partial charge in [0.25, 0.3) is 0 Å². The normalized spacial score (nSPS) is 7.78. The van der Waals surface area contributed by atoms with Crippen LogP contribution in [0.3, 0.4) is 0 Å². The number of hydrogen-bond donors (Lipinski definition) is 5. The van der Waals surface area contributed by atoms with E-state index in [1.54, 1.807) is 0 Å². The zero-order valence-corrected chi connectivity index (χ0v) is 9.79. The van der Waals surface area contributed by atoms with Crippen LogP contribution < -0.4 is 0 Å². The van der Waals surface area contributed by atoms with E-state index in [0.717, 1.165) is 0 Å². The molecule has 13 nitrogen and oxygen atoms in total. The SMILES string of the molecule is O=C(CC(=O)OC(=O)C(=O)O)OC(=O)C(=O)O.OB(O)O.[LiH].[LiH]. The first-order valence-electron chi connectivity index (χ1n) is 4.47. The van der Waals surface area contributed by atoms with E-state index in [2.05, 4.69) is 9.47 Å². The molecule has 120 valence electrons. The molecule has 0 fully saturated rings. The van der Waals surface area contributed by atoms with Crippen molar-refractivity contribution >= 4 is 80.9 Å². The Morgan fingerprint density at radius 2 is 0.913 bits per heavy atom. The van der Waals surface area contributed by atoms with Gasteiger partial charge in [-0.2, -0.15) is 0 Å². The minimum absolute atomic E-state index is 0. The molecular weight excluding hydrogens is 317 g/mol. The number of carbonyl (C=O) groups is 6. The molecule has 0 unspecified atom stereocenters.